The summed E-state index contributed by atoms with van der Waals surface area (Å²) >= 11 is 0. The standard InChI is InChI=1S/C13H26N2O2S/c1-4-7-8-9-10-11-13(12-14)18(16,17)15(5-2)6-3/h13H,4-11H2,1-3H3. The lowest BCUT2D eigenvalue weighted by atomic mass is 10.1. The normalized spacial score (nSPS) is 13.5. The van der Waals surface area contributed by atoms with Crippen LogP contribution in [0.15, 0.2) is 0 Å². The van der Waals surface area contributed by atoms with Gasteiger partial charge in [-0.05, 0) is 6.42 Å². The molecule has 0 aliphatic carbocycles. The SMILES string of the molecule is CCCCCCCC(C#N)S(=O)(=O)N(CC)CC. The van der Waals surface area contributed by atoms with E-state index in [1.165, 1.54) is 17.1 Å². The Hall–Kier alpha value is -0.600. The molecule has 0 bridgehead atoms. The molecule has 1 atom stereocenters. The van der Waals surface area contributed by atoms with Crippen molar-refractivity contribution >= 4 is 10.0 Å². The van der Waals surface area contributed by atoms with Gasteiger partial charge in [-0.25, -0.2) is 12.7 Å². The molecule has 0 aromatic carbocycles. The van der Waals surface area contributed by atoms with E-state index in [-0.39, 0.29) is 0 Å². The van der Waals surface area contributed by atoms with Crippen molar-refractivity contribution in [1.82, 2.24) is 4.31 Å². The minimum absolute atomic E-state index is 0.437. The van der Waals surface area contributed by atoms with Gasteiger partial charge >= 0.3 is 0 Å². The molecule has 4 nitrogen and oxygen atoms in total. The fourth-order valence-electron chi connectivity index (χ4n) is 1.98. The highest BCUT2D eigenvalue weighted by Gasteiger charge is 2.29. The molecule has 0 aromatic rings. The van der Waals surface area contributed by atoms with Crippen molar-refractivity contribution in [1.29, 1.82) is 5.26 Å². The van der Waals surface area contributed by atoms with Gasteiger partial charge in [0, 0.05) is 13.1 Å². The average Bonchev–Trinajstić information content (AvgIpc) is 2.34. The van der Waals surface area contributed by atoms with Crippen molar-refractivity contribution in [3.63, 3.8) is 0 Å². The smallest absolute Gasteiger partial charge is 0.211 e. The Morgan fingerprint density at radius 3 is 2.06 bits per heavy atom. The Morgan fingerprint density at radius 2 is 1.61 bits per heavy atom. The van der Waals surface area contributed by atoms with E-state index in [0.29, 0.717) is 19.5 Å². The van der Waals surface area contributed by atoms with Crippen molar-refractivity contribution in [2.24, 2.45) is 0 Å². The lowest BCUT2D eigenvalue weighted by Crippen LogP contribution is -2.38. The van der Waals surface area contributed by atoms with E-state index < -0.39 is 15.3 Å². The van der Waals surface area contributed by atoms with Gasteiger partial charge in [-0.3, -0.25) is 0 Å². The number of hydrogen-bond donors (Lipinski definition) is 0. The van der Waals surface area contributed by atoms with E-state index in [0.717, 1.165) is 19.3 Å². The van der Waals surface area contributed by atoms with Crippen LogP contribution in [-0.2, 0) is 10.0 Å². The van der Waals surface area contributed by atoms with E-state index in [2.05, 4.69) is 6.92 Å². The molecular weight excluding hydrogens is 248 g/mol. The average molecular weight is 274 g/mol. The molecule has 106 valence electrons. The highest BCUT2D eigenvalue weighted by atomic mass is 32.2. The van der Waals surface area contributed by atoms with Crippen molar-refractivity contribution in [2.45, 2.75) is 64.5 Å². The van der Waals surface area contributed by atoms with Crippen LogP contribution in [0.2, 0.25) is 0 Å². The molecule has 0 spiro atoms. The molecule has 0 heterocycles. The van der Waals surface area contributed by atoms with Gasteiger partial charge < -0.3 is 0 Å². The molecule has 0 fully saturated rings. The predicted octanol–water partition coefficient (Wildman–Crippen LogP) is 2.91. The quantitative estimate of drug-likeness (QED) is 0.575. The molecular formula is C13H26N2O2S. The summed E-state index contributed by atoms with van der Waals surface area (Å²) in [5, 5.41) is 8.17. The summed E-state index contributed by atoms with van der Waals surface area (Å²) < 4.78 is 25.7. The number of sulfonamides is 1. The van der Waals surface area contributed by atoms with E-state index >= 15 is 0 Å². The van der Waals surface area contributed by atoms with Crippen molar-refractivity contribution < 1.29 is 8.42 Å². The van der Waals surface area contributed by atoms with Crippen LogP contribution in [0.5, 0.6) is 0 Å². The Balaban J connectivity index is 4.36. The van der Waals surface area contributed by atoms with Gasteiger partial charge in [-0.15, -0.1) is 0 Å². The van der Waals surface area contributed by atoms with E-state index in [1.807, 2.05) is 6.07 Å². The van der Waals surface area contributed by atoms with Gasteiger partial charge in [0.2, 0.25) is 10.0 Å². The lowest BCUT2D eigenvalue weighted by Gasteiger charge is -2.21. The van der Waals surface area contributed by atoms with Crippen LogP contribution < -0.4 is 0 Å². The number of hydrogen-bond acceptors (Lipinski definition) is 3. The first-order chi connectivity index (χ1) is 8.54. The Morgan fingerprint density at radius 1 is 1.06 bits per heavy atom. The highest BCUT2D eigenvalue weighted by molar-refractivity contribution is 7.90. The second kappa shape index (κ2) is 9.35. The van der Waals surface area contributed by atoms with Gasteiger partial charge in [0.25, 0.3) is 0 Å². The first-order valence-corrected chi connectivity index (χ1v) is 8.43. The maximum Gasteiger partial charge on any atom is 0.230 e. The minimum Gasteiger partial charge on any atom is -0.211 e. The van der Waals surface area contributed by atoms with Gasteiger partial charge in [0.15, 0.2) is 5.25 Å². The predicted molar refractivity (Wildman–Crippen MR) is 74.6 cm³/mol. The number of nitriles is 1. The van der Waals surface area contributed by atoms with Crippen LogP contribution in [0.3, 0.4) is 0 Å². The Labute approximate surface area is 112 Å². The molecule has 0 radical (unpaired) electrons. The second-order valence-electron chi connectivity index (χ2n) is 4.45. The molecule has 0 saturated carbocycles. The largest absolute Gasteiger partial charge is 0.230 e. The maximum absolute atomic E-state index is 12.1. The molecule has 18 heavy (non-hydrogen) atoms. The van der Waals surface area contributed by atoms with Gasteiger partial charge in [-0.1, -0.05) is 52.9 Å². The summed E-state index contributed by atoms with van der Waals surface area (Å²) in [6.45, 7) is 6.62. The fourth-order valence-corrected chi connectivity index (χ4v) is 3.65. The third-order valence-corrected chi connectivity index (χ3v) is 5.44. The molecule has 0 amide bonds. The van der Waals surface area contributed by atoms with E-state index in [9.17, 15) is 8.42 Å². The topological polar surface area (TPSA) is 61.2 Å². The summed E-state index contributed by atoms with van der Waals surface area (Å²) in [5.74, 6) is 0. The minimum atomic E-state index is -3.43. The third-order valence-electron chi connectivity index (χ3n) is 3.14. The summed E-state index contributed by atoms with van der Waals surface area (Å²) in [5.41, 5.74) is 0. The van der Waals surface area contributed by atoms with Crippen molar-refractivity contribution in [2.75, 3.05) is 13.1 Å². The van der Waals surface area contributed by atoms with E-state index in [1.54, 1.807) is 13.8 Å². The summed E-state index contributed by atoms with van der Waals surface area (Å²) in [4.78, 5) is 0. The van der Waals surface area contributed by atoms with Gasteiger partial charge in [0.05, 0.1) is 6.07 Å². The van der Waals surface area contributed by atoms with Crippen LogP contribution in [0.4, 0.5) is 0 Å². The van der Waals surface area contributed by atoms with Crippen LogP contribution in [0, 0.1) is 11.3 Å². The third kappa shape index (κ3) is 5.36. The molecule has 0 rings (SSSR count). The molecule has 0 aromatic heterocycles. The summed E-state index contributed by atoms with van der Waals surface area (Å²) in [6, 6.07) is 1.95. The first-order valence-electron chi connectivity index (χ1n) is 6.93. The van der Waals surface area contributed by atoms with Crippen molar-refractivity contribution in [3.05, 3.63) is 0 Å². The molecule has 0 saturated heterocycles. The summed E-state index contributed by atoms with van der Waals surface area (Å²) in [7, 11) is -3.43. The molecule has 1 unspecified atom stereocenters. The number of rotatable bonds is 10. The fraction of sp³-hybridized carbons (Fsp3) is 0.923. The van der Waals surface area contributed by atoms with Crippen LogP contribution >= 0.6 is 0 Å². The molecule has 0 aliphatic rings. The lowest BCUT2D eigenvalue weighted by molar-refractivity contribution is 0.437. The first kappa shape index (κ1) is 17.4. The zero-order valence-electron chi connectivity index (χ0n) is 11.9. The van der Waals surface area contributed by atoms with Gasteiger partial charge in [-0.2, -0.15) is 5.26 Å². The molecule has 0 aliphatic heterocycles. The summed E-state index contributed by atoms with van der Waals surface area (Å²) in [6.07, 6.45) is 5.76. The number of unbranched alkanes of at least 4 members (excludes halogenated alkanes) is 4. The Bertz CT molecular complexity index is 342. The van der Waals surface area contributed by atoms with Crippen molar-refractivity contribution in [3.8, 4) is 6.07 Å². The number of nitrogens with zero attached hydrogens (tertiary/aromatic N) is 2. The van der Waals surface area contributed by atoms with Crippen LogP contribution in [0.25, 0.3) is 0 Å². The molecule has 5 heteroatoms. The highest BCUT2D eigenvalue weighted by Crippen LogP contribution is 2.16. The van der Waals surface area contributed by atoms with Crippen LogP contribution in [0.1, 0.15) is 59.3 Å². The monoisotopic (exact) mass is 274 g/mol. The van der Waals surface area contributed by atoms with Crippen LogP contribution in [-0.4, -0.2) is 31.1 Å². The zero-order chi connectivity index (χ0) is 14.0. The zero-order valence-corrected chi connectivity index (χ0v) is 12.7. The Kier molecular flexibility index (Phi) is 9.03. The van der Waals surface area contributed by atoms with E-state index in [4.69, 9.17) is 5.26 Å². The maximum atomic E-state index is 12.1. The molecule has 0 N–H and O–H groups in total. The second-order valence-corrected chi connectivity index (χ2v) is 6.57. The van der Waals surface area contributed by atoms with Gasteiger partial charge in [0.1, 0.15) is 0 Å².